The van der Waals surface area contributed by atoms with Crippen molar-refractivity contribution in [3.63, 3.8) is 0 Å². The van der Waals surface area contributed by atoms with Gasteiger partial charge in [0.15, 0.2) is 0 Å². The fourth-order valence-electron chi connectivity index (χ4n) is 4.00. The molecule has 1 heterocycles. The van der Waals surface area contributed by atoms with Gasteiger partial charge < -0.3 is 5.32 Å². The summed E-state index contributed by atoms with van der Waals surface area (Å²) >= 11 is 0. The van der Waals surface area contributed by atoms with Crippen LogP contribution in [0.3, 0.4) is 0 Å². The van der Waals surface area contributed by atoms with Crippen molar-refractivity contribution in [1.82, 2.24) is 10.2 Å². The monoisotopic (exact) mass is 208 g/mol. The second-order valence-corrected chi connectivity index (χ2v) is 5.79. The van der Waals surface area contributed by atoms with Crippen LogP contribution in [0.25, 0.3) is 0 Å². The van der Waals surface area contributed by atoms with E-state index in [0.29, 0.717) is 0 Å². The van der Waals surface area contributed by atoms with Crippen LogP contribution in [-0.2, 0) is 0 Å². The van der Waals surface area contributed by atoms with Crippen LogP contribution in [-0.4, -0.2) is 36.6 Å². The van der Waals surface area contributed by atoms with Crippen molar-refractivity contribution < 1.29 is 0 Å². The third-order valence-electron chi connectivity index (χ3n) is 4.84. The number of hydrogen-bond acceptors (Lipinski definition) is 2. The molecule has 0 radical (unpaired) electrons. The van der Waals surface area contributed by atoms with Crippen LogP contribution in [0, 0.1) is 11.8 Å². The summed E-state index contributed by atoms with van der Waals surface area (Å²) in [5.41, 5.74) is 0. The highest BCUT2D eigenvalue weighted by Gasteiger charge is 2.44. The lowest BCUT2D eigenvalue weighted by atomic mass is 9.92. The number of fused-ring (bicyclic) bond motifs is 2. The number of nitrogens with zero attached hydrogens (tertiary/aromatic N) is 1. The SMILES string of the molecule is CCCN(C1CNC1)C1CC2CCC1C2. The van der Waals surface area contributed by atoms with Gasteiger partial charge in [0, 0.05) is 25.2 Å². The van der Waals surface area contributed by atoms with Crippen molar-refractivity contribution in [3.8, 4) is 0 Å². The molecule has 3 rings (SSSR count). The molecule has 0 aromatic heterocycles. The molecule has 0 aromatic carbocycles. The Labute approximate surface area is 93.4 Å². The molecule has 3 aliphatic rings. The highest BCUT2D eigenvalue weighted by atomic mass is 15.3. The summed E-state index contributed by atoms with van der Waals surface area (Å²) in [4.78, 5) is 2.85. The maximum absolute atomic E-state index is 3.43. The topological polar surface area (TPSA) is 15.3 Å². The highest BCUT2D eigenvalue weighted by Crippen LogP contribution is 2.47. The van der Waals surface area contributed by atoms with Gasteiger partial charge in [-0.2, -0.15) is 0 Å². The van der Waals surface area contributed by atoms with Crippen molar-refractivity contribution in [1.29, 1.82) is 0 Å². The zero-order valence-corrected chi connectivity index (χ0v) is 9.91. The maximum atomic E-state index is 3.43. The normalized spacial score (nSPS) is 40.0. The Balaban J connectivity index is 1.66. The minimum absolute atomic E-state index is 0.870. The Kier molecular flexibility index (Phi) is 2.73. The molecule has 2 aliphatic carbocycles. The zero-order valence-electron chi connectivity index (χ0n) is 9.91. The molecule has 3 atom stereocenters. The fraction of sp³-hybridized carbons (Fsp3) is 1.00. The summed E-state index contributed by atoms with van der Waals surface area (Å²) in [6, 6.07) is 1.82. The molecule has 2 nitrogen and oxygen atoms in total. The van der Waals surface area contributed by atoms with Gasteiger partial charge in [-0.25, -0.2) is 0 Å². The van der Waals surface area contributed by atoms with E-state index < -0.39 is 0 Å². The molecule has 0 spiro atoms. The molecule has 0 aromatic rings. The van der Waals surface area contributed by atoms with Gasteiger partial charge in [-0.1, -0.05) is 13.3 Å². The first-order valence-corrected chi connectivity index (χ1v) is 6.85. The van der Waals surface area contributed by atoms with Gasteiger partial charge >= 0.3 is 0 Å². The van der Waals surface area contributed by atoms with E-state index in [1.54, 1.807) is 6.42 Å². The molecule has 3 fully saturated rings. The Morgan fingerprint density at radius 2 is 2.07 bits per heavy atom. The molecule has 15 heavy (non-hydrogen) atoms. The maximum Gasteiger partial charge on any atom is 0.0348 e. The standard InChI is InChI=1S/C13H24N2/c1-2-5-15(12-8-14-9-12)13-7-10-3-4-11(13)6-10/h10-14H,2-9H2,1H3. The summed E-state index contributed by atoms with van der Waals surface area (Å²) in [6.45, 7) is 6.15. The predicted octanol–water partition coefficient (Wildman–Crippen LogP) is 1.86. The van der Waals surface area contributed by atoms with Crippen LogP contribution in [0.4, 0.5) is 0 Å². The van der Waals surface area contributed by atoms with E-state index in [4.69, 9.17) is 0 Å². The molecular formula is C13H24N2. The Hall–Kier alpha value is -0.0800. The molecule has 2 bridgehead atoms. The molecule has 86 valence electrons. The van der Waals surface area contributed by atoms with Crippen LogP contribution in [0.2, 0.25) is 0 Å². The number of rotatable bonds is 4. The smallest absolute Gasteiger partial charge is 0.0348 e. The van der Waals surface area contributed by atoms with Gasteiger partial charge in [0.2, 0.25) is 0 Å². The van der Waals surface area contributed by atoms with E-state index in [0.717, 1.165) is 23.9 Å². The molecule has 1 saturated heterocycles. The fourth-order valence-corrected chi connectivity index (χ4v) is 4.00. The Morgan fingerprint density at radius 1 is 1.20 bits per heavy atom. The van der Waals surface area contributed by atoms with Crippen LogP contribution >= 0.6 is 0 Å². The van der Waals surface area contributed by atoms with Crippen molar-refractivity contribution >= 4 is 0 Å². The molecule has 1 aliphatic heterocycles. The van der Waals surface area contributed by atoms with Crippen molar-refractivity contribution in [2.45, 2.75) is 51.1 Å². The van der Waals surface area contributed by atoms with Crippen LogP contribution in [0.1, 0.15) is 39.0 Å². The predicted molar refractivity (Wildman–Crippen MR) is 62.9 cm³/mol. The molecule has 1 N–H and O–H groups in total. The summed E-state index contributed by atoms with van der Waals surface area (Å²) in [7, 11) is 0. The average molecular weight is 208 g/mol. The first-order valence-electron chi connectivity index (χ1n) is 6.85. The third kappa shape index (κ3) is 1.72. The lowest BCUT2D eigenvalue weighted by molar-refractivity contribution is 0.0641. The van der Waals surface area contributed by atoms with Gasteiger partial charge in [-0.05, 0) is 44.1 Å². The van der Waals surface area contributed by atoms with Crippen molar-refractivity contribution in [2.24, 2.45) is 11.8 Å². The van der Waals surface area contributed by atoms with E-state index in [1.165, 1.54) is 45.3 Å². The third-order valence-corrected chi connectivity index (χ3v) is 4.84. The first-order chi connectivity index (χ1) is 7.38. The van der Waals surface area contributed by atoms with Crippen LogP contribution in [0.15, 0.2) is 0 Å². The van der Waals surface area contributed by atoms with E-state index in [9.17, 15) is 0 Å². The van der Waals surface area contributed by atoms with Crippen molar-refractivity contribution in [2.75, 3.05) is 19.6 Å². The minimum atomic E-state index is 0.870. The molecule has 2 heteroatoms. The zero-order chi connectivity index (χ0) is 10.3. The van der Waals surface area contributed by atoms with Crippen LogP contribution < -0.4 is 5.32 Å². The lowest BCUT2D eigenvalue weighted by Crippen LogP contribution is -2.60. The van der Waals surface area contributed by atoms with Gasteiger partial charge in [0.05, 0.1) is 0 Å². The lowest BCUT2D eigenvalue weighted by Gasteiger charge is -2.44. The van der Waals surface area contributed by atoms with Crippen LogP contribution in [0.5, 0.6) is 0 Å². The van der Waals surface area contributed by atoms with E-state index >= 15 is 0 Å². The Morgan fingerprint density at radius 3 is 2.53 bits per heavy atom. The molecule has 3 unspecified atom stereocenters. The van der Waals surface area contributed by atoms with E-state index in [2.05, 4.69) is 17.1 Å². The molecule has 2 saturated carbocycles. The summed E-state index contributed by atoms with van der Waals surface area (Å²) in [5, 5.41) is 3.43. The van der Waals surface area contributed by atoms with E-state index in [-0.39, 0.29) is 0 Å². The second-order valence-electron chi connectivity index (χ2n) is 5.79. The Bertz CT molecular complexity index is 225. The van der Waals surface area contributed by atoms with E-state index in [1.807, 2.05) is 0 Å². The minimum Gasteiger partial charge on any atom is -0.314 e. The number of hydrogen-bond donors (Lipinski definition) is 1. The van der Waals surface area contributed by atoms with Gasteiger partial charge in [-0.3, -0.25) is 4.90 Å². The largest absolute Gasteiger partial charge is 0.314 e. The average Bonchev–Trinajstić information content (AvgIpc) is 2.74. The summed E-state index contributed by atoms with van der Waals surface area (Å²) in [5.74, 6) is 2.15. The van der Waals surface area contributed by atoms with Gasteiger partial charge in [-0.15, -0.1) is 0 Å². The quantitative estimate of drug-likeness (QED) is 0.758. The summed E-state index contributed by atoms with van der Waals surface area (Å²) < 4.78 is 0. The molecule has 0 amide bonds. The molecular weight excluding hydrogens is 184 g/mol. The number of nitrogens with one attached hydrogen (secondary N) is 1. The summed E-state index contributed by atoms with van der Waals surface area (Å²) in [6.07, 6.45) is 7.44. The highest BCUT2D eigenvalue weighted by molar-refractivity contribution is 4.99. The van der Waals surface area contributed by atoms with Gasteiger partial charge in [0.1, 0.15) is 0 Å². The van der Waals surface area contributed by atoms with Crippen molar-refractivity contribution in [3.05, 3.63) is 0 Å². The second kappa shape index (κ2) is 4.06. The van der Waals surface area contributed by atoms with Gasteiger partial charge in [0.25, 0.3) is 0 Å². The first kappa shape index (κ1) is 10.1.